The lowest BCUT2D eigenvalue weighted by Crippen LogP contribution is -2.15. The summed E-state index contributed by atoms with van der Waals surface area (Å²) in [6, 6.07) is 0.778. The van der Waals surface area contributed by atoms with Gasteiger partial charge in [-0.3, -0.25) is 0 Å². The van der Waals surface area contributed by atoms with Crippen molar-refractivity contribution in [3.8, 4) is 0 Å². The van der Waals surface area contributed by atoms with Gasteiger partial charge in [0.05, 0.1) is 16.8 Å². The highest BCUT2D eigenvalue weighted by Gasteiger charge is 2.30. The van der Waals surface area contributed by atoms with Crippen LogP contribution in [-0.4, -0.2) is 24.2 Å². The summed E-state index contributed by atoms with van der Waals surface area (Å²) in [5, 5.41) is 4.86. The Morgan fingerprint density at radius 1 is 1.39 bits per heavy atom. The number of rotatable bonds is 7. The zero-order valence-electron chi connectivity index (χ0n) is 11.2. The third kappa shape index (κ3) is 3.11. The molecule has 4 heteroatoms. The Hall–Kier alpha value is -0.450. The van der Waals surface area contributed by atoms with E-state index in [9.17, 15) is 0 Å². The maximum absolute atomic E-state index is 5.34. The number of nitrogens with one attached hydrogen (secondary N) is 1. The molecule has 1 heterocycles. The Balaban J connectivity index is 1.68. The standard InChI is InChI=1S/C14H22N2OS/c1-9(17-2)7-13-16-14(10-3-4-10)12(18-13)8-15-11-5-6-11/h9-11,15H,3-8H2,1-2H3. The third-order valence-corrected chi connectivity index (χ3v) is 4.82. The van der Waals surface area contributed by atoms with Crippen LogP contribution in [-0.2, 0) is 17.7 Å². The Morgan fingerprint density at radius 3 is 2.78 bits per heavy atom. The predicted octanol–water partition coefficient (Wildman–Crippen LogP) is 2.85. The van der Waals surface area contributed by atoms with Crippen LogP contribution in [0.15, 0.2) is 0 Å². The first kappa shape index (κ1) is 12.6. The van der Waals surface area contributed by atoms with Crippen LogP contribution in [0.25, 0.3) is 0 Å². The van der Waals surface area contributed by atoms with Crippen LogP contribution in [0.1, 0.15) is 54.1 Å². The van der Waals surface area contributed by atoms with E-state index in [1.165, 1.54) is 41.3 Å². The maximum atomic E-state index is 5.34. The number of ether oxygens (including phenoxy) is 1. The molecule has 0 saturated heterocycles. The Bertz CT molecular complexity index is 410. The first-order valence-electron chi connectivity index (χ1n) is 7.01. The van der Waals surface area contributed by atoms with Crippen molar-refractivity contribution in [3.63, 3.8) is 0 Å². The molecule has 3 rings (SSSR count). The van der Waals surface area contributed by atoms with Gasteiger partial charge in [0.2, 0.25) is 0 Å². The lowest BCUT2D eigenvalue weighted by Gasteiger charge is -2.05. The van der Waals surface area contributed by atoms with Gasteiger partial charge in [0.1, 0.15) is 0 Å². The second kappa shape index (κ2) is 5.27. The summed E-state index contributed by atoms with van der Waals surface area (Å²) < 4.78 is 5.34. The Labute approximate surface area is 113 Å². The average molecular weight is 266 g/mol. The fourth-order valence-corrected chi connectivity index (χ4v) is 3.38. The summed E-state index contributed by atoms with van der Waals surface area (Å²) in [6.45, 7) is 3.13. The summed E-state index contributed by atoms with van der Waals surface area (Å²) in [5.41, 5.74) is 1.38. The van der Waals surface area contributed by atoms with Gasteiger partial charge in [-0.15, -0.1) is 11.3 Å². The zero-order chi connectivity index (χ0) is 12.5. The molecule has 3 nitrogen and oxygen atoms in total. The van der Waals surface area contributed by atoms with Gasteiger partial charge in [0.15, 0.2) is 0 Å². The van der Waals surface area contributed by atoms with Gasteiger partial charge in [-0.2, -0.15) is 0 Å². The molecule has 1 N–H and O–H groups in total. The molecule has 1 unspecified atom stereocenters. The van der Waals surface area contributed by atoms with Crippen LogP contribution in [0.3, 0.4) is 0 Å². The minimum Gasteiger partial charge on any atom is -0.381 e. The maximum Gasteiger partial charge on any atom is 0.0957 e. The van der Waals surface area contributed by atoms with E-state index < -0.39 is 0 Å². The van der Waals surface area contributed by atoms with Crippen LogP contribution < -0.4 is 5.32 Å². The molecule has 1 aromatic heterocycles. The van der Waals surface area contributed by atoms with E-state index in [1.54, 1.807) is 7.11 Å². The summed E-state index contributed by atoms with van der Waals surface area (Å²) in [7, 11) is 1.77. The van der Waals surface area contributed by atoms with E-state index in [4.69, 9.17) is 9.72 Å². The van der Waals surface area contributed by atoms with Crippen molar-refractivity contribution in [1.82, 2.24) is 10.3 Å². The predicted molar refractivity (Wildman–Crippen MR) is 74.1 cm³/mol. The molecular formula is C14H22N2OS. The van der Waals surface area contributed by atoms with Gasteiger partial charge in [0.25, 0.3) is 0 Å². The van der Waals surface area contributed by atoms with Gasteiger partial charge in [-0.1, -0.05) is 0 Å². The number of nitrogens with zero attached hydrogens (tertiary/aromatic N) is 1. The van der Waals surface area contributed by atoms with Crippen molar-refractivity contribution in [3.05, 3.63) is 15.6 Å². The van der Waals surface area contributed by atoms with Gasteiger partial charge in [-0.05, 0) is 32.6 Å². The first-order chi connectivity index (χ1) is 8.76. The largest absolute Gasteiger partial charge is 0.381 e. The molecule has 1 aromatic rings. The molecule has 2 fully saturated rings. The number of thiazole rings is 1. The molecule has 2 aliphatic carbocycles. The fourth-order valence-electron chi connectivity index (χ4n) is 2.16. The molecule has 0 aromatic carbocycles. The van der Waals surface area contributed by atoms with Crippen LogP contribution in [0.4, 0.5) is 0 Å². The molecule has 100 valence electrons. The van der Waals surface area contributed by atoms with Crippen molar-refractivity contribution in [2.75, 3.05) is 7.11 Å². The van der Waals surface area contributed by atoms with Gasteiger partial charge >= 0.3 is 0 Å². The van der Waals surface area contributed by atoms with E-state index in [0.717, 1.165) is 24.9 Å². The first-order valence-corrected chi connectivity index (χ1v) is 7.82. The molecule has 0 radical (unpaired) electrons. The quantitative estimate of drug-likeness (QED) is 0.824. The molecule has 2 aliphatic rings. The molecule has 2 saturated carbocycles. The summed E-state index contributed by atoms with van der Waals surface area (Å²) in [6.07, 6.45) is 6.59. The SMILES string of the molecule is COC(C)Cc1nc(C2CC2)c(CNC2CC2)s1. The number of aromatic nitrogens is 1. The minimum atomic E-state index is 0.271. The van der Waals surface area contributed by atoms with E-state index in [2.05, 4.69) is 12.2 Å². The third-order valence-electron chi connectivity index (χ3n) is 3.73. The zero-order valence-corrected chi connectivity index (χ0v) is 12.1. The average Bonchev–Trinajstić information content (AvgIpc) is 3.26. The van der Waals surface area contributed by atoms with E-state index in [0.29, 0.717) is 0 Å². The molecule has 18 heavy (non-hydrogen) atoms. The monoisotopic (exact) mass is 266 g/mol. The van der Waals surface area contributed by atoms with Crippen LogP contribution in [0.2, 0.25) is 0 Å². The minimum absolute atomic E-state index is 0.271. The van der Waals surface area contributed by atoms with Gasteiger partial charge in [0, 0.05) is 36.9 Å². The van der Waals surface area contributed by atoms with Crippen molar-refractivity contribution < 1.29 is 4.74 Å². The highest BCUT2D eigenvalue weighted by Crippen LogP contribution is 2.43. The topological polar surface area (TPSA) is 34.1 Å². The van der Waals surface area contributed by atoms with Crippen molar-refractivity contribution in [2.24, 2.45) is 0 Å². The fraction of sp³-hybridized carbons (Fsp3) is 0.786. The highest BCUT2D eigenvalue weighted by atomic mass is 32.1. The molecular weight excluding hydrogens is 244 g/mol. The van der Waals surface area contributed by atoms with Crippen LogP contribution in [0, 0.1) is 0 Å². The van der Waals surface area contributed by atoms with Crippen molar-refractivity contribution in [2.45, 2.75) is 63.6 Å². The Morgan fingerprint density at radius 2 is 2.17 bits per heavy atom. The Kier molecular flexibility index (Phi) is 3.68. The smallest absolute Gasteiger partial charge is 0.0957 e. The van der Waals surface area contributed by atoms with E-state index in [1.807, 2.05) is 11.3 Å². The van der Waals surface area contributed by atoms with E-state index >= 15 is 0 Å². The number of hydrogen-bond donors (Lipinski definition) is 1. The van der Waals surface area contributed by atoms with E-state index in [-0.39, 0.29) is 6.10 Å². The second-order valence-electron chi connectivity index (χ2n) is 5.60. The summed E-state index contributed by atoms with van der Waals surface area (Å²) in [4.78, 5) is 6.33. The molecule has 0 amide bonds. The van der Waals surface area contributed by atoms with Crippen LogP contribution >= 0.6 is 11.3 Å². The molecule has 0 aliphatic heterocycles. The lowest BCUT2D eigenvalue weighted by atomic mass is 10.2. The summed E-state index contributed by atoms with van der Waals surface area (Å²) in [5.74, 6) is 0.754. The lowest BCUT2D eigenvalue weighted by molar-refractivity contribution is 0.118. The molecule has 0 bridgehead atoms. The second-order valence-corrected chi connectivity index (χ2v) is 6.76. The summed E-state index contributed by atoms with van der Waals surface area (Å²) >= 11 is 1.89. The van der Waals surface area contributed by atoms with Crippen molar-refractivity contribution in [1.29, 1.82) is 0 Å². The van der Waals surface area contributed by atoms with Gasteiger partial charge < -0.3 is 10.1 Å². The number of hydrogen-bond acceptors (Lipinski definition) is 4. The normalized spacial score (nSPS) is 21.2. The highest BCUT2D eigenvalue weighted by molar-refractivity contribution is 7.11. The number of methoxy groups -OCH3 is 1. The van der Waals surface area contributed by atoms with Crippen molar-refractivity contribution >= 4 is 11.3 Å². The van der Waals surface area contributed by atoms with Gasteiger partial charge in [-0.25, -0.2) is 4.98 Å². The molecule has 1 atom stereocenters. The molecule has 0 spiro atoms. The van der Waals surface area contributed by atoms with Crippen LogP contribution in [0.5, 0.6) is 0 Å².